The lowest BCUT2D eigenvalue weighted by Gasteiger charge is -2.21. The van der Waals surface area contributed by atoms with Crippen molar-refractivity contribution in [1.82, 2.24) is 0 Å². The number of halogens is 2. The van der Waals surface area contributed by atoms with E-state index in [9.17, 15) is 0 Å². The molecule has 0 saturated carbocycles. The van der Waals surface area contributed by atoms with E-state index >= 15 is 0 Å². The molecule has 1 aliphatic carbocycles. The lowest BCUT2D eigenvalue weighted by atomic mass is 9.85. The molecule has 0 aliphatic heterocycles. The highest BCUT2D eigenvalue weighted by atomic mass is 35.5. The molecular weight excluding hydrogens is 367 g/mol. The monoisotopic (exact) mass is 388 g/mol. The first kappa shape index (κ1) is 19.0. The van der Waals surface area contributed by atoms with E-state index < -0.39 is 0 Å². The largest absolute Gasteiger partial charge is 0.494 e. The van der Waals surface area contributed by atoms with Crippen LogP contribution in [0.5, 0.6) is 0 Å². The van der Waals surface area contributed by atoms with Gasteiger partial charge in [-0.15, -0.1) is 0 Å². The predicted octanol–water partition coefficient (Wildman–Crippen LogP) is 6.50. The maximum absolute atomic E-state index is 6.10. The van der Waals surface area contributed by atoms with Crippen molar-refractivity contribution in [2.24, 2.45) is 0 Å². The van der Waals surface area contributed by atoms with E-state index in [1.807, 2.05) is 50.2 Å². The molecule has 1 unspecified atom stereocenters. The lowest BCUT2D eigenvalue weighted by Crippen LogP contribution is -2.09. The fraction of sp³-hybridized carbons (Fsp3) is 0.273. The van der Waals surface area contributed by atoms with Gasteiger partial charge in [0.25, 0.3) is 0 Å². The fourth-order valence-electron chi connectivity index (χ4n) is 3.23. The number of allylic oxidation sites excluding steroid dienone is 2. The molecule has 0 saturated heterocycles. The van der Waals surface area contributed by atoms with Crippen LogP contribution in [0.3, 0.4) is 0 Å². The van der Waals surface area contributed by atoms with Gasteiger partial charge in [0.15, 0.2) is 0 Å². The zero-order chi connectivity index (χ0) is 18.5. The number of benzene rings is 2. The molecule has 1 aliphatic rings. The van der Waals surface area contributed by atoms with Crippen molar-refractivity contribution in [1.29, 1.82) is 0 Å². The molecule has 0 radical (unpaired) electrons. The van der Waals surface area contributed by atoms with E-state index in [-0.39, 0.29) is 5.92 Å². The van der Waals surface area contributed by atoms with Crippen LogP contribution in [0.1, 0.15) is 30.9 Å². The minimum absolute atomic E-state index is 0.0709. The maximum atomic E-state index is 6.10. The van der Waals surface area contributed by atoms with Crippen LogP contribution in [-0.4, -0.2) is 19.8 Å². The summed E-state index contributed by atoms with van der Waals surface area (Å²) in [4.78, 5) is 0. The van der Waals surface area contributed by atoms with Crippen LogP contribution in [0, 0.1) is 0 Å². The van der Waals surface area contributed by atoms with Crippen LogP contribution < -0.4 is 0 Å². The molecule has 136 valence electrons. The van der Waals surface area contributed by atoms with E-state index in [2.05, 4.69) is 18.2 Å². The molecule has 0 N–H and O–H groups in total. The Morgan fingerprint density at radius 3 is 2.04 bits per heavy atom. The van der Waals surface area contributed by atoms with Gasteiger partial charge in [-0.25, -0.2) is 0 Å². The van der Waals surface area contributed by atoms with E-state index in [1.165, 1.54) is 11.1 Å². The van der Waals surface area contributed by atoms with Gasteiger partial charge in [-0.3, -0.25) is 0 Å². The van der Waals surface area contributed by atoms with Crippen molar-refractivity contribution in [2.75, 3.05) is 19.8 Å². The van der Waals surface area contributed by atoms with Crippen LogP contribution in [0.4, 0.5) is 0 Å². The van der Waals surface area contributed by atoms with Crippen molar-refractivity contribution in [3.8, 4) is 0 Å². The van der Waals surface area contributed by atoms with Gasteiger partial charge in [-0.2, -0.15) is 0 Å². The van der Waals surface area contributed by atoms with Gasteiger partial charge in [0.1, 0.15) is 5.76 Å². The molecule has 26 heavy (non-hydrogen) atoms. The summed E-state index contributed by atoms with van der Waals surface area (Å²) >= 11 is 12.2. The van der Waals surface area contributed by atoms with Crippen molar-refractivity contribution in [3.05, 3.63) is 87.1 Å². The Kier molecular flexibility index (Phi) is 6.42. The molecule has 0 amide bonds. The van der Waals surface area contributed by atoms with Gasteiger partial charge in [0.2, 0.25) is 0 Å². The molecule has 0 aromatic heterocycles. The molecule has 1 atom stereocenters. The Labute approximate surface area is 165 Å². The highest BCUT2D eigenvalue weighted by molar-refractivity contribution is 6.30. The van der Waals surface area contributed by atoms with Crippen LogP contribution in [0.15, 0.2) is 65.9 Å². The van der Waals surface area contributed by atoms with Gasteiger partial charge in [-0.05, 0) is 60.9 Å². The molecule has 0 bridgehead atoms. The summed E-state index contributed by atoms with van der Waals surface area (Å²) in [5, 5.41) is 1.45. The first-order valence-electron chi connectivity index (χ1n) is 8.80. The Balaban J connectivity index is 2.07. The molecular formula is C22H22Cl2O2. The zero-order valence-electron chi connectivity index (χ0n) is 15.0. The highest BCUT2D eigenvalue weighted by Gasteiger charge is 2.31. The van der Waals surface area contributed by atoms with Crippen molar-refractivity contribution in [3.63, 3.8) is 0 Å². The van der Waals surface area contributed by atoms with Crippen molar-refractivity contribution in [2.45, 2.75) is 19.8 Å². The topological polar surface area (TPSA) is 18.5 Å². The van der Waals surface area contributed by atoms with E-state index in [0.29, 0.717) is 19.8 Å². The van der Waals surface area contributed by atoms with Crippen LogP contribution in [0.25, 0.3) is 5.57 Å². The van der Waals surface area contributed by atoms with Crippen LogP contribution in [0.2, 0.25) is 10.0 Å². The van der Waals surface area contributed by atoms with Crippen LogP contribution >= 0.6 is 23.2 Å². The number of rotatable bonds is 7. The quantitative estimate of drug-likeness (QED) is 0.538. The van der Waals surface area contributed by atoms with Gasteiger partial charge in [0.05, 0.1) is 13.2 Å². The first-order valence-corrected chi connectivity index (χ1v) is 9.56. The molecule has 2 aromatic carbocycles. The van der Waals surface area contributed by atoms with E-state index in [1.54, 1.807) is 0 Å². The van der Waals surface area contributed by atoms with E-state index in [4.69, 9.17) is 32.7 Å². The Bertz CT molecular complexity index is 805. The minimum Gasteiger partial charge on any atom is -0.494 e. The lowest BCUT2D eigenvalue weighted by molar-refractivity contribution is 0.160. The van der Waals surface area contributed by atoms with Gasteiger partial charge in [-0.1, -0.05) is 47.5 Å². The Morgan fingerprint density at radius 1 is 0.846 bits per heavy atom. The van der Waals surface area contributed by atoms with Crippen LogP contribution in [-0.2, 0) is 9.47 Å². The molecule has 0 fully saturated rings. The summed E-state index contributed by atoms with van der Waals surface area (Å²) in [6.07, 6.45) is 2.13. The van der Waals surface area contributed by atoms with Gasteiger partial charge >= 0.3 is 0 Å². The summed E-state index contributed by atoms with van der Waals surface area (Å²) < 4.78 is 11.7. The number of hydrogen-bond donors (Lipinski definition) is 0. The molecule has 0 heterocycles. The molecule has 0 spiro atoms. The number of hydrogen-bond acceptors (Lipinski definition) is 2. The van der Waals surface area contributed by atoms with Crippen molar-refractivity contribution < 1.29 is 9.47 Å². The van der Waals surface area contributed by atoms with Gasteiger partial charge in [0, 0.05) is 28.1 Å². The summed E-state index contributed by atoms with van der Waals surface area (Å²) in [6, 6.07) is 15.9. The van der Waals surface area contributed by atoms with E-state index in [0.717, 1.165) is 26.9 Å². The molecule has 3 rings (SSSR count). The first-order chi connectivity index (χ1) is 12.6. The summed E-state index contributed by atoms with van der Waals surface area (Å²) in [6.45, 7) is 5.80. The molecule has 2 aromatic rings. The normalized spacial score (nSPS) is 16.8. The Morgan fingerprint density at radius 2 is 1.46 bits per heavy atom. The number of ether oxygens (including phenoxy) is 2. The average molecular weight is 389 g/mol. The average Bonchev–Trinajstić information content (AvgIpc) is 3.00. The summed E-state index contributed by atoms with van der Waals surface area (Å²) in [5.41, 5.74) is 4.61. The Hall–Kier alpha value is -1.74. The third kappa shape index (κ3) is 4.15. The standard InChI is InChI=1S/C22H22Cl2O2/c1-3-25-14-20-21(26-4-2)13-19(15-5-9-17(23)10-6-15)22(20)16-7-11-18(24)12-8-16/h5-13,22H,3-4,14H2,1-2H3. The maximum Gasteiger partial charge on any atom is 0.122 e. The van der Waals surface area contributed by atoms with Crippen molar-refractivity contribution >= 4 is 28.8 Å². The predicted molar refractivity (Wildman–Crippen MR) is 109 cm³/mol. The summed E-state index contributed by atoms with van der Waals surface area (Å²) in [7, 11) is 0. The van der Waals surface area contributed by atoms with Gasteiger partial charge < -0.3 is 9.47 Å². The third-order valence-corrected chi connectivity index (χ3v) is 4.91. The third-order valence-electron chi connectivity index (χ3n) is 4.40. The minimum atomic E-state index is 0.0709. The second kappa shape index (κ2) is 8.77. The smallest absolute Gasteiger partial charge is 0.122 e. The summed E-state index contributed by atoms with van der Waals surface area (Å²) in [5.74, 6) is 0.965. The highest BCUT2D eigenvalue weighted by Crippen LogP contribution is 2.45. The second-order valence-corrected chi connectivity index (χ2v) is 6.92. The SMILES string of the molecule is CCOCC1=C(OCC)C=C(c2ccc(Cl)cc2)C1c1ccc(Cl)cc1. The second-order valence-electron chi connectivity index (χ2n) is 6.05. The molecule has 2 nitrogen and oxygen atoms in total. The molecule has 4 heteroatoms. The zero-order valence-corrected chi connectivity index (χ0v) is 16.5. The fourth-order valence-corrected chi connectivity index (χ4v) is 3.48.